The normalized spacial score (nSPS) is 12.1. The molecule has 0 spiro atoms. The standard InChI is InChI=1S/C47H25N5S2/c48-26-36-46(51-37-18-8-4-14-28(37)32-22-24-34-30-16-6-10-20-39(30)53-43(34)41(32)51)49-45(27-12-2-1-3-13-27)50-47(36)52-38-19-9-5-15-29(38)33-23-25-35-31-17-7-11-21-40(31)54-44(35)42(33)52/h1-25H. The highest BCUT2D eigenvalue weighted by Gasteiger charge is 2.27. The minimum atomic E-state index is 0.413. The van der Waals surface area contributed by atoms with E-state index in [4.69, 9.17) is 9.97 Å². The van der Waals surface area contributed by atoms with E-state index >= 15 is 0 Å². The van der Waals surface area contributed by atoms with E-state index in [-0.39, 0.29) is 0 Å². The third-order valence-corrected chi connectivity index (χ3v) is 13.2. The SMILES string of the molecule is N#Cc1c(-n2c3ccccc3c3ccc4c5ccccc5sc4c32)nc(-c2ccccc2)nc1-n1c2ccccc2c2ccc3c4ccccc4sc3c21. The van der Waals surface area contributed by atoms with Crippen LogP contribution in [-0.2, 0) is 0 Å². The highest BCUT2D eigenvalue weighted by molar-refractivity contribution is 7.27. The molecule has 12 aromatic rings. The summed E-state index contributed by atoms with van der Waals surface area (Å²) in [5, 5.41) is 20.8. The highest BCUT2D eigenvalue weighted by atomic mass is 32.1. The van der Waals surface area contributed by atoms with Crippen molar-refractivity contribution in [2.75, 3.05) is 0 Å². The molecule has 0 saturated carbocycles. The lowest BCUT2D eigenvalue weighted by molar-refractivity contribution is 0.984. The van der Waals surface area contributed by atoms with Crippen molar-refractivity contribution >= 4 is 107 Å². The number of hydrogen-bond acceptors (Lipinski definition) is 5. The Balaban J connectivity index is 1.30. The first kappa shape index (κ1) is 29.7. The average Bonchev–Trinajstić information content (AvgIpc) is 3.98. The van der Waals surface area contributed by atoms with E-state index < -0.39 is 0 Å². The molecule has 0 bridgehead atoms. The van der Waals surface area contributed by atoms with E-state index in [2.05, 4.69) is 137 Å². The molecule has 0 fully saturated rings. The average molecular weight is 724 g/mol. The smallest absolute Gasteiger partial charge is 0.164 e. The molecule has 0 N–H and O–H groups in total. The number of aromatic nitrogens is 4. The predicted molar refractivity (Wildman–Crippen MR) is 227 cm³/mol. The lowest BCUT2D eigenvalue weighted by Gasteiger charge is -2.16. The first-order valence-electron chi connectivity index (χ1n) is 17.8. The number of para-hydroxylation sites is 2. The van der Waals surface area contributed by atoms with Gasteiger partial charge in [0.05, 0.1) is 31.5 Å². The van der Waals surface area contributed by atoms with Gasteiger partial charge < -0.3 is 0 Å². The van der Waals surface area contributed by atoms with Gasteiger partial charge in [0.2, 0.25) is 0 Å². The highest BCUT2D eigenvalue weighted by Crippen LogP contribution is 2.46. The first-order valence-corrected chi connectivity index (χ1v) is 19.5. The Morgan fingerprint density at radius 1 is 0.426 bits per heavy atom. The number of thiophene rings is 2. The molecular weight excluding hydrogens is 699 g/mol. The van der Waals surface area contributed by atoms with Gasteiger partial charge in [0, 0.05) is 58.1 Å². The topological polar surface area (TPSA) is 59.4 Å². The molecule has 5 heterocycles. The van der Waals surface area contributed by atoms with Gasteiger partial charge in [0.1, 0.15) is 11.6 Å². The molecule has 0 aliphatic rings. The van der Waals surface area contributed by atoms with Gasteiger partial charge in [-0.25, -0.2) is 9.97 Å². The summed E-state index contributed by atoms with van der Waals surface area (Å²) in [5.74, 6) is 1.68. The second-order valence-corrected chi connectivity index (χ2v) is 15.7. The van der Waals surface area contributed by atoms with Crippen molar-refractivity contribution in [1.29, 1.82) is 5.26 Å². The Hall–Kier alpha value is -6.85. The Labute approximate surface area is 315 Å². The lowest BCUT2D eigenvalue weighted by atomic mass is 10.1. The number of nitriles is 1. The third kappa shape index (κ3) is 3.96. The monoisotopic (exact) mass is 723 g/mol. The second-order valence-electron chi connectivity index (χ2n) is 13.6. The maximum atomic E-state index is 11.5. The van der Waals surface area contributed by atoms with Crippen LogP contribution in [0, 0.1) is 11.3 Å². The zero-order chi connectivity index (χ0) is 35.5. The molecule has 5 aromatic heterocycles. The van der Waals surface area contributed by atoms with Gasteiger partial charge in [-0.15, -0.1) is 22.7 Å². The lowest BCUT2D eigenvalue weighted by Crippen LogP contribution is -2.11. The molecular formula is C47H25N5S2. The molecule has 12 rings (SSSR count). The van der Waals surface area contributed by atoms with Crippen LogP contribution in [0.3, 0.4) is 0 Å². The summed E-state index contributed by atoms with van der Waals surface area (Å²) in [6.07, 6.45) is 0. The van der Waals surface area contributed by atoms with E-state index in [1.54, 1.807) is 22.7 Å². The van der Waals surface area contributed by atoms with E-state index in [0.29, 0.717) is 23.0 Å². The van der Waals surface area contributed by atoms with Crippen molar-refractivity contribution in [1.82, 2.24) is 19.1 Å². The molecule has 0 unspecified atom stereocenters. The van der Waals surface area contributed by atoms with Gasteiger partial charge in [-0.3, -0.25) is 9.13 Å². The fraction of sp³-hybridized carbons (Fsp3) is 0. The molecule has 0 saturated heterocycles. The van der Waals surface area contributed by atoms with E-state index in [1.807, 2.05) is 30.3 Å². The molecule has 0 aliphatic heterocycles. The minimum Gasteiger partial charge on any atom is -0.291 e. The fourth-order valence-electron chi connectivity index (χ4n) is 8.48. The molecule has 0 radical (unpaired) electrons. The zero-order valence-electron chi connectivity index (χ0n) is 28.5. The minimum absolute atomic E-state index is 0.413. The Kier molecular flexibility index (Phi) is 6.09. The van der Waals surface area contributed by atoms with Crippen LogP contribution >= 0.6 is 22.7 Å². The Bertz CT molecular complexity index is 3370. The van der Waals surface area contributed by atoms with Crippen LogP contribution in [0.2, 0.25) is 0 Å². The summed E-state index contributed by atoms with van der Waals surface area (Å²) in [6, 6.07) is 55.8. The molecule has 5 nitrogen and oxygen atoms in total. The Morgan fingerprint density at radius 2 is 0.852 bits per heavy atom. The second kappa shape index (κ2) is 11.1. The van der Waals surface area contributed by atoms with Crippen LogP contribution in [0.4, 0.5) is 0 Å². The van der Waals surface area contributed by atoms with Gasteiger partial charge in [-0.1, -0.05) is 127 Å². The molecule has 250 valence electrons. The molecule has 0 atom stereocenters. The van der Waals surface area contributed by atoms with Gasteiger partial charge in [-0.05, 0) is 24.3 Å². The van der Waals surface area contributed by atoms with E-state index in [1.165, 1.54) is 40.3 Å². The maximum absolute atomic E-state index is 11.5. The van der Waals surface area contributed by atoms with Crippen LogP contribution < -0.4 is 0 Å². The molecule has 7 aromatic carbocycles. The summed E-state index contributed by atoms with van der Waals surface area (Å²) < 4.78 is 9.23. The summed E-state index contributed by atoms with van der Waals surface area (Å²) >= 11 is 3.57. The molecule has 54 heavy (non-hydrogen) atoms. The molecule has 0 aliphatic carbocycles. The van der Waals surface area contributed by atoms with Crippen LogP contribution in [0.15, 0.2) is 152 Å². The van der Waals surface area contributed by atoms with E-state index in [9.17, 15) is 5.26 Å². The summed E-state index contributed by atoms with van der Waals surface area (Å²) in [7, 11) is 0. The van der Waals surface area contributed by atoms with Crippen molar-refractivity contribution < 1.29 is 0 Å². The fourth-order valence-corrected chi connectivity index (χ4v) is 11.0. The molecule has 0 amide bonds. The summed E-state index contributed by atoms with van der Waals surface area (Å²) in [5.41, 5.74) is 5.37. The largest absolute Gasteiger partial charge is 0.291 e. The third-order valence-electron chi connectivity index (χ3n) is 10.8. The van der Waals surface area contributed by atoms with Gasteiger partial charge in [-0.2, -0.15) is 5.26 Å². The summed E-state index contributed by atoms with van der Waals surface area (Å²) in [4.78, 5) is 10.7. The Morgan fingerprint density at radius 3 is 1.35 bits per heavy atom. The van der Waals surface area contributed by atoms with Crippen LogP contribution in [-0.4, -0.2) is 19.1 Å². The van der Waals surface area contributed by atoms with Crippen molar-refractivity contribution in [2.24, 2.45) is 0 Å². The van der Waals surface area contributed by atoms with Crippen LogP contribution in [0.25, 0.3) is 107 Å². The van der Waals surface area contributed by atoms with E-state index in [0.717, 1.165) is 49.2 Å². The molecule has 7 heteroatoms. The van der Waals surface area contributed by atoms with Gasteiger partial charge in [0.25, 0.3) is 0 Å². The number of benzene rings is 7. The number of fused-ring (bicyclic) bond motifs is 14. The maximum Gasteiger partial charge on any atom is 0.164 e. The number of nitrogens with zero attached hydrogens (tertiary/aromatic N) is 5. The van der Waals surface area contributed by atoms with Crippen molar-refractivity contribution in [3.63, 3.8) is 0 Å². The van der Waals surface area contributed by atoms with Crippen molar-refractivity contribution in [3.05, 3.63) is 157 Å². The zero-order valence-corrected chi connectivity index (χ0v) is 30.1. The quantitative estimate of drug-likeness (QED) is 0.182. The van der Waals surface area contributed by atoms with Crippen LogP contribution in [0.5, 0.6) is 0 Å². The van der Waals surface area contributed by atoms with Gasteiger partial charge in [0.15, 0.2) is 17.5 Å². The van der Waals surface area contributed by atoms with Crippen molar-refractivity contribution in [2.45, 2.75) is 0 Å². The summed E-state index contributed by atoms with van der Waals surface area (Å²) in [6.45, 7) is 0. The number of rotatable bonds is 3. The van der Waals surface area contributed by atoms with Crippen molar-refractivity contribution in [3.8, 4) is 29.1 Å². The number of hydrogen-bond donors (Lipinski definition) is 0. The first-order chi connectivity index (χ1) is 26.8. The predicted octanol–water partition coefficient (Wildman–Crippen LogP) is 12.9. The van der Waals surface area contributed by atoms with Gasteiger partial charge >= 0.3 is 0 Å². The van der Waals surface area contributed by atoms with Crippen LogP contribution in [0.1, 0.15) is 5.56 Å².